The van der Waals surface area contributed by atoms with Gasteiger partial charge < -0.3 is 10.2 Å². The topological polar surface area (TPSA) is 163 Å². The average Bonchev–Trinajstić information content (AvgIpc) is 2.90. The van der Waals surface area contributed by atoms with Crippen LogP contribution in [0.3, 0.4) is 0 Å². The van der Waals surface area contributed by atoms with E-state index in [1.807, 2.05) is 0 Å². The largest absolute Gasteiger partial charge is 0.494 e. The number of H-pyrrole nitrogens is 2. The molecule has 0 unspecified atom stereocenters. The number of pyridine rings is 1. The number of hydrogen-bond donors (Lipinski definition) is 4. The third kappa shape index (κ3) is 4.41. The summed E-state index contributed by atoms with van der Waals surface area (Å²) < 4.78 is 28.4. The lowest BCUT2D eigenvalue weighted by molar-refractivity contribution is 0.411. The summed E-state index contributed by atoms with van der Waals surface area (Å²) in [7, 11) is 0. The predicted octanol–water partition coefficient (Wildman–Crippen LogP) is 1.63. The van der Waals surface area contributed by atoms with Gasteiger partial charge in [0.2, 0.25) is 11.8 Å². The molecule has 0 aliphatic carbocycles. The van der Waals surface area contributed by atoms with Gasteiger partial charge in [0.05, 0.1) is 34.1 Å². The molecule has 0 amide bonds. The molecule has 0 saturated carbocycles. The second-order valence-electron chi connectivity index (χ2n) is 8.30. The summed E-state index contributed by atoms with van der Waals surface area (Å²) in [6.07, 6.45) is 1.32. The molecule has 0 aliphatic heterocycles. The molecule has 13 heteroatoms. The Kier molecular flexibility index (Phi) is 6.24. The van der Waals surface area contributed by atoms with Gasteiger partial charge in [-0.15, -0.1) is 0 Å². The summed E-state index contributed by atoms with van der Waals surface area (Å²) >= 11 is 0. The van der Waals surface area contributed by atoms with Crippen LogP contribution in [0.5, 0.6) is 11.8 Å². The Morgan fingerprint density at radius 2 is 1.10 bits per heavy atom. The fourth-order valence-corrected chi connectivity index (χ4v) is 4.24. The summed E-state index contributed by atoms with van der Waals surface area (Å²) in [4.78, 5) is 59.9. The van der Waals surface area contributed by atoms with E-state index < -0.39 is 62.9 Å². The lowest BCUT2D eigenvalue weighted by Crippen LogP contribution is -2.36. The Bertz CT molecular complexity index is 1810. The minimum Gasteiger partial charge on any atom is -0.494 e. The molecule has 0 atom stereocenters. The molecule has 0 spiro atoms. The fourth-order valence-electron chi connectivity index (χ4n) is 4.24. The predicted molar refractivity (Wildman–Crippen MR) is 134 cm³/mol. The second-order valence-corrected chi connectivity index (χ2v) is 8.30. The Morgan fingerprint density at radius 3 is 1.49 bits per heavy atom. The Balaban J connectivity index is 1.87. The monoisotopic (exact) mass is 533 g/mol. The number of rotatable bonds is 5. The number of halogens is 2. The van der Waals surface area contributed by atoms with E-state index in [-0.39, 0.29) is 17.1 Å². The van der Waals surface area contributed by atoms with Crippen LogP contribution in [0.15, 0.2) is 92.1 Å². The maximum absolute atomic E-state index is 13.5. The summed E-state index contributed by atoms with van der Waals surface area (Å²) in [5, 5.41) is 22.5. The van der Waals surface area contributed by atoms with Gasteiger partial charge in [0.15, 0.2) is 0 Å². The first-order valence-corrected chi connectivity index (χ1v) is 11.3. The zero-order valence-corrected chi connectivity index (χ0v) is 19.6. The highest BCUT2D eigenvalue weighted by molar-refractivity contribution is 5.50. The molecule has 3 heterocycles. The van der Waals surface area contributed by atoms with E-state index in [2.05, 4.69) is 15.0 Å². The summed E-state index contributed by atoms with van der Waals surface area (Å²) in [5.74, 6) is -4.73. The number of benzene rings is 2. The van der Waals surface area contributed by atoms with Crippen molar-refractivity contribution in [1.82, 2.24) is 24.1 Å². The van der Waals surface area contributed by atoms with Gasteiger partial charge >= 0.3 is 11.4 Å². The molecule has 2 aromatic carbocycles. The van der Waals surface area contributed by atoms with E-state index in [1.54, 1.807) is 0 Å². The molecule has 196 valence electrons. The van der Waals surface area contributed by atoms with Gasteiger partial charge in [-0.25, -0.2) is 27.5 Å². The molecular weight excluding hydrogens is 516 g/mol. The van der Waals surface area contributed by atoms with Crippen molar-refractivity contribution in [1.29, 1.82) is 0 Å². The zero-order chi connectivity index (χ0) is 27.8. The molecule has 11 nitrogen and oxygen atoms in total. The lowest BCUT2D eigenvalue weighted by atomic mass is 9.90. The number of hydrogen-bond acceptors (Lipinski definition) is 7. The van der Waals surface area contributed by atoms with Crippen molar-refractivity contribution in [2.24, 2.45) is 0 Å². The minimum atomic E-state index is -1.63. The minimum absolute atomic E-state index is 0.0206. The van der Waals surface area contributed by atoms with Crippen LogP contribution in [-0.2, 0) is 0 Å². The molecule has 0 aliphatic rings. The van der Waals surface area contributed by atoms with Crippen molar-refractivity contribution in [2.45, 2.75) is 5.92 Å². The van der Waals surface area contributed by atoms with E-state index in [1.165, 1.54) is 48.7 Å². The van der Waals surface area contributed by atoms with Gasteiger partial charge in [-0.1, -0.05) is 6.07 Å². The van der Waals surface area contributed by atoms with Crippen LogP contribution in [0, 0.1) is 11.6 Å². The van der Waals surface area contributed by atoms with Crippen molar-refractivity contribution >= 4 is 0 Å². The molecule has 39 heavy (non-hydrogen) atoms. The van der Waals surface area contributed by atoms with Crippen molar-refractivity contribution < 1.29 is 19.0 Å². The summed E-state index contributed by atoms with van der Waals surface area (Å²) in [5.41, 5.74) is -5.60. The molecule has 5 rings (SSSR count). The maximum atomic E-state index is 13.5. The average molecular weight is 533 g/mol. The third-order valence-electron chi connectivity index (χ3n) is 5.97. The van der Waals surface area contributed by atoms with Crippen LogP contribution in [0.25, 0.3) is 11.4 Å². The standard InChI is InChI=1S/C26H17F2N5O6/c27-13-4-8-15(9-5-13)32-23(36)19(21(34)30-25(32)38)18(17-3-1-2-12-29-17)20-22(35)31-26(39)33(24(20)37)16-10-6-14(28)7-11-16/h1-12,18,36-37H,(H,30,34,38)(H,31,35,39). The maximum Gasteiger partial charge on any atom is 0.335 e. The highest BCUT2D eigenvalue weighted by Crippen LogP contribution is 2.36. The van der Waals surface area contributed by atoms with Crippen LogP contribution in [-0.4, -0.2) is 34.3 Å². The van der Waals surface area contributed by atoms with Gasteiger partial charge in [0.25, 0.3) is 11.1 Å². The van der Waals surface area contributed by atoms with E-state index >= 15 is 0 Å². The molecule has 0 fully saturated rings. The molecule has 0 saturated heterocycles. The number of aromatic hydroxyl groups is 2. The number of aromatic amines is 2. The highest BCUT2D eigenvalue weighted by atomic mass is 19.1. The van der Waals surface area contributed by atoms with Crippen LogP contribution in [0.1, 0.15) is 22.7 Å². The first-order valence-electron chi connectivity index (χ1n) is 11.3. The second kappa shape index (κ2) is 9.70. The summed E-state index contributed by atoms with van der Waals surface area (Å²) in [6, 6.07) is 13.2. The van der Waals surface area contributed by atoms with Gasteiger partial charge in [0.1, 0.15) is 11.6 Å². The van der Waals surface area contributed by atoms with Crippen molar-refractivity contribution in [3.8, 4) is 23.1 Å². The molecule has 5 aromatic rings. The zero-order valence-electron chi connectivity index (χ0n) is 19.6. The van der Waals surface area contributed by atoms with Crippen LogP contribution in [0.4, 0.5) is 8.78 Å². The van der Waals surface area contributed by atoms with Gasteiger partial charge in [0, 0.05) is 6.20 Å². The first kappa shape index (κ1) is 25.1. The molecular formula is C26H17F2N5O6. The van der Waals surface area contributed by atoms with Crippen LogP contribution >= 0.6 is 0 Å². The van der Waals surface area contributed by atoms with E-state index in [4.69, 9.17) is 0 Å². The van der Waals surface area contributed by atoms with Crippen molar-refractivity contribution in [2.75, 3.05) is 0 Å². The van der Waals surface area contributed by atoms with Gasteiger partial charge in [-0.2, -0.15) is 0 Å². The Labute approximate surface area is 215 Å². The first-order chi connectivity index (χ1) is 18.7. The normalized spacial score (nSPS) is 11.2. The molecule has 0 bridgehead atoms. The molecule has 3 aromatic heterocycles. The Hall–Kier alpha value is -5.59. The summed E-state index contributed by atoms with van der Waals surface area (Å²) in [6.45, 7) is 0. The van der Waals surface area contributed by atoms with Gasteiger partial charge in [-0.3, -0.25) is 24.5 Å². The fraction of sp³-hybridized carbons (Fsp3) is 0.0385. The van der Waals surface area contributed by atoms with E-state index in [0.717, 1.165) is 24.3 Å². The van der Waals surface area contributed by atoms with E-state index in [0.29, 0.717) is 9.13 Å². The number of aromatic nitrogens is 5. The quantitative estimate of drug-likeness (QED) is 0.267. The van der Waals surface area contributed by atoms with Crippen molar-refractivity contribution in [3.05, 3.63) is 143 Å². The highest BCUT2D eigenvalue weighted by Gasteiger charge is 2.33. The van der Waals surface area contributed by atoms with Crippen LogP contribution < -0.4 is 22.5 Å². The van der Waals surface area contributed by atoms with Crippen molar-refractivity contribution in [3.63, 3.8) is 0 Å². The SMILES string of the molecule is O=c1[nH]c(=O)n(-c2ccc(F)cc2)c(O)c1C(c1ccccn1)c1c(O)n(-c2ccc(F)cc2)c(=O)[nH]c1=O. The number of nitrogens with one attached hydrogen (secondary N) is 2. The number of nitrogens with zero attached hydrogens (tertiary/aromatic N) is 3. The van der Waals surface area contributed by atoms with Crippen LogP contribution in [0.2, 0.25) is 0 Å². The smallest absolute Gasteiger partial charge is 0.335 e. The Morgan fingerprint density at radius 1 is 0.667 bits per heavy atom. The molecule has 4 N–H and O–H groups in total. The van der Waals surface area contributed by atoms with Gasteiger partial charge in [-0.05, 0) is 60.7 Å². The third-order valence-corrected chi connectivity index (χ3v) is 5.97. The molecule has 0 radical (unpaired) electrons. The lowest BCUT2D eigenvalue weighted by Gasteiger charge is -2.21. The van der Waals surface area contributed by atoms with E-state index in [9.17, 15) is 38.2 Å².